The smallest absolute Gasteiger partial charge is 0.122 e. The number of aryl methyl sites for hydroxylation is 1. The molecule has 0 N–H and O–H groups in total. The summed E-state index contributed by atoms with van der Waals surface area (Å²) in [4.78, 5) is 0. The molecular formula is C11H13IO. The maximum absolute atomic E-state index is 5.80. The van der Waals surface area contributed by atoms with Crippen LogP contribution in [0.4, 0.5) is 0 Å². The van der Waals surface area contributed by atoms with Crippen molar-refractivity contribution >= 4 is 22.6 Å². The van der Waals surface area contributed by atoms with Crippen molar-refractivity contribution in [3.05, 3.63) is 27.3 Å². The Morgan fingerprint density at radius 2 is 2.23 bits per heavy atom. The van der Waals surface area contributed by atoms with Crippen LogP contribution in [0.2, 0.25) is 0 Å². The highest BCUT2D eigenvalue weighted by molar-refractivity contribution is 14.1. The summed E-state index contributed by atoms with van der Waals surface area (Å²) >= 11 is 2.34. The Morgan fingerprint density at radius 3 is 2.85 bits per heavy atom. The van der Waals surface area contributed by atoms with E-state index in [0.29, 0.717) is 6.10 Å². The van der Waals surface area contributed by atoms with Gasteiger partial charge >= 0.3 is 0 Å². The predicted octanol–water partition coefficient (Wildman–Crippen LogP) is 3.39. The molecule has 70 valence electrons. The van der Waals surface area contributed by atoms with Gasteiger partial charge in [0.1, 0.15) is 5.75 Å². The van der Waals surface area contributed by atoms with E-state index >= 15 is 0 Å². The van der Waals surface area contributed by atoms with Gasteiger partial charge in [0.25, 0.3) is 0 Å². The van der Waals surface area contributed by atoms with Crippen molar-refractivity contribution in [3.8, 4) is 5.75 Å². The van der Waals surface area contributed by atoms with Gasteiger partial charge in [-0.1, -0.05) is 6.92 Å². The molecule has 0 unspecified atom stereocenters. The zero-order chi connectivity index (χ0) is 9.26. The Kier molecular flexibility index (Phi) is 2.77. The molecule has 0 bridgehead atoms. The van der Waals surface area contributed by atoms with Gasteiger partial charge in [-0.2, -0.15) is 0 Å². The number of rotatable bonds is 3. The third-order valence-electron chi connectivity index (χ3n) is 2.22. The Labute approximate surface area is 92.6 Å². The average Bonchev–Trinajstić information content (AvgIpc) is 2.92. The number of ether oxygens (including phenoxy) is 1. The molecule has 0 spiro atoms. The van der Waals surface area contributed by atoms with Crippen molar-refractivity contribution < 1.29 is 4.74 Å². The van der Waals surface area contributed by atoms with E-state index in [4.69, 9.17) is 4.74 Å². The van der Waals surface area contributed by atoms with Gasteiger partial charge in [-0.3, -0.25) is 0 Å². The first-order chi connectivity index (χ1) is 6.29. The van der Waals surface area contributed by atoms with Crippen molar-refractivity contribution in [2.45, 2.75) is 32.3 Å². The molecule has 1 aliphatic carbocycles. The van der Waals surface area contributed by atoms with Gasteiger partial charge in [0, 0.05) is 3.57 Å². The SMILES string of the molecule is CCc1cc(I)ccc1OC1CC1. The molecule has 1 aromatic carbocycles. The molecule has 0 aliphatic heterocycles. The van der Waals surface area contributed by atoms with Gasteiger partial charge in [-0.25, -0.2) is 0 Å². The van der Waals surface area contributed by atoms with Crippen LogP contribution in [-0.2, 0) is 6.42 Å². The summed E-state index contributed by atoms with van der Waals surface area (Å²) in [7, 11) is 0. The minimum absolute atomic E-state index is 0.505. The number of benzene rings is 1. The zero-order valence-electron chi connectivity index (χ0n) is 7.72. The fraction of sp³-hybridized carbons (Fsp3) is 0.455. The van der Waals surface area contributed by atoms with E-state index in [1.807, 2.05) is 0 Å². The lowest BCUT2D eigenvalue weighted by Crippen LogP contribution is -1.99. The molecule has 1 aromatic rings. The molecular weight excluding hydrogens is 275 g/mol. The second-order valence-corrected chi connectivity index (χ2v) is 4.67. The summed E-state index contributed by atoms with van der Waals surface area (Å²) in [6, 6.07) is 6.41. The molecule has 1 fully saturated rings. The first kappa shape index (κ1) is 9.31. The number of hydrogen-bond donors (Lipinski definition) is 0. The average molecular weight is 288 g/mol. The summed E-state index contributed by atoms with van der Waals surface area (Å²) < 4.78 is 7.09. The molecule has 1 aliphatic rings. The predicted molar refractivity (Wildman–Crippen MR) is 62.2 cm³/mol. The highest BCUT2D eigenvalue weighted by Gasteiger charge is 2.24. The zero-order valence-corrected chi connectivity index (χ0v) is 9.87. The Balaban J connectivity index is 2.21. The fourth-order valence-corrected chi connectivity index (χ4v) is 1.86. The Morgan fingerprint density at radius 1 is 1.46 bits per heavy atom. The van der Waals surface area contributed by atoms with Gasteiger partial charge in [0.05, 0.1) is 6.10 Å². The second-order valence-electron chi connectivity index (χ2n) is 3.42. The van der Waals surface area contributed by atoms with Crippen LogP contribution >= 0.6 is 22.6 Å². The van der Waals surface area contributed by atoms with E-state index in [1.165, 1.54) is 22.0 Å². The van der Waals surface area contributed by atoms with E-state index in [-0.39, 0.29) is 0 Å². The van der Waals surface area contributed by atoms with Crippen molar-refractivity contribution in [3.63, 3.8) is 0 Å². The standard InChI is InChI=1S/C11H13IO/c1-2-8-7-9(12)3-6-11(8)13-10-4-5-10/h3,6-7,10H,2,4-5H2,1H3. The fourth-order valence-electron chi connectivity index (χ4n) is 1.30. The molecule has 0 radical (unpaired) electrons. The normalized spacial score (nSPS) is 15.8. The minimum atomic E-state index is 0.505. The van der Waals surface area contributed by atoms with E-state index in [9.17, 15) is 0 Å². The maximum Gasteiger partial charge on any atom is 0.122 e. The number of hydrogen-bond acceptors (Lipinski definition) is 1. The molecule has 2 heteroatoms. The van der Waals surface area contributed by atoms with Crippen LogP contribution < -0.4 is 4.74 Å². The lowest BCUT2D eigenvalue weighted by atomic mass is 10.1. The van der Waals surface area contributed by atoms with E-state index < -0.39 is 0 Å². The monoisotopic (exact) mass is 288 g/mol. The first-order valence-corrected chi connectivity index (χ1v) is 5.82. The highest BCUT2D eigenvalue weighted by atomic mass is 127. The topological polar surface area (TPSA) is 9.23 Å². The van der Waals surface area contributed by atoms with E-state index in [1.54, 1.807) is 0 Å². The third-order valence-corrected chi connectivity index (χ3v) is 2.89. The van der Waals surface area contributed by atoms with Crippen molar-refractivity contribution in [2.24, 2.45) is 0 Å². The lowest BCUT2D eigenvalue weighted by Gasteiger charge is -2.09. The molecule has 13 heavy (non-hydrogen) atoms. The van der Waals surface area contributed by atoms with Crippen LogP contribution in [0.1, 0.15) is 25.3 Å². The molecule has 0 atom stereocenters. The molecule has 0 amide bonds. The largest absolute Gasteiger partial charge is 0.490 e. The van der Waals surface area contributed by atoms with Crippen LogP contribution in [0.5, 0.6) is 5.75 Å². The van der Waals surface area contributed by atoms with Crippen LogP contribution in [-0.4, -0.2) is 6.10 Å². The lowest BCUT2D eigenvalue weighted by molar-refractivity contribution is 0.300. The van der Waals surface area contributed by atoms with Crippen molar-refractivity contribution in [2.75, 3.05) is 0 Å². The summed E-state index contributed by atoms with van der Waals surface area (Å²) in [6.07, 6.45) is 4.02. The maximum atomic E-state index is 5.80. The van der Waals surface area contributed by atoms with Gasteiger partial charge in [0.15, 0.2) is 0 Å². The third kappa shape index (κ3) is 2.36. The summed E-state index contributed by atoms with van der Waals surface area (Å²) in [5.74, 6) is 1.09. The van der Waals surface area contributed by atoms with Crippen LogP contribution in [0, 0.1) is 3.57 Å². The van der Waals surface area contributed by atoms with Gasteiger partial charge in [-0.05, 0) is 65.6 Å². The first-order valence-electron chi connectivity index (χ1n) is 4.74. The molecule has 0 heterocycles. The molecule has 1 nitrogen and oxygen atoms in total. The number of halogens is 1. The van der Waals surface area contributed by atoms with Gasteiger partial charge < -0.3 is 4.74 Å². The quantitative estimate of drug-likeness (QED) is 0.775. The van der Waals surface area contributed by atoms with E-state index in [2.05, 4.69) is 47.7 Å². The summed E-state index contributed by atoms with van der Waals surface area (Å²) in [5.41, 5.74) is 1.33. The van der Waals surface area contributed by atoms with Crippen molar-refractivity contribution in [1.82, 2.24) is 0 Å². The second kappa shape index (κ2) is 3.86. The minimum Gasteiger partial charge on any atom is -0.490 e. The molecule has 2 rings (SSSR count). The summed E-state index contributed by atoms with van der Waals surface area (Å²) in [6.45, 7) is 2.17. The van der Waals surface area contributed by atoms with Crippen LogP contribution in [0.25, 0.3) is 0 Å². The highest BCUT2D eigenvalue weighted by Crippen LogP contribution is 2.30. The summed E-state index contributed by atoms with van der Waals surface area (Å²) in [5, 5.41) is 0. The van der Waals surface area contributed by atoms with Gasteiger partial charge in [-0.15, -0.1) is 0 Å². The molecule has 0 aromatic heterocycles. The molecule has 1 saturated carbocycles. The Hall–Kier alpha value is -0.250. The molecule has 0 saturated heterocycles. The van der Waals surface area contributed by atoms with E-state index in [0.717, 1.165) is 12.2 Å². The van der Waals surface area contributed by atoms with Crippen molar-refractivity contribution in [1.29, 1.82) is 0 Å². The van der Waals surface area contributed by atoms with Gasteiger partial charge in [0.2, 0.25) is 0 Å². The Bertz CT molecular complexity index is 305. The van der Waals surface area contributed by atoms with Crippen LogP contribution in [0.15, 0.2) is 18.2 Å². The van der Waals surface area contributed by atoms with Crippen LogP contribution in [0.3, 0.4) is 0 Å².